The molecule has 0 unspecified atom stereocenters. The first-order valence-corrected chi connectivity index (χ1v) is 5.82. The molecule has 0 aliphatic heterocycles. The SMILES string of the molecule is Cc1ccc2ccc3sc(C)nc3c2c1. The molecular formula is C13H11NS. The highest BCUT2D eigenvalue weighted by Crippen LogP contribution is 2.29. The number of thiazole rings is 1. The molecule has 0 N–H and O–H groups in total. The molecular weight excluding hydrogens is 202 g/mol. The Bertz CT molecular complexity index is 652. The minimum Gasteiger partial charge on any atom is -0.241 e. The first-order chi connectivity index (χ1) is 7.24. The third kappa shape index (κ3) is 1.33. The largest absolute Gasteiger partial charge is 0.241 e. The van der Waals surface area contributed by atoms with Crippen LogP contribution in [0.25, 0.3) is 21.0 Å². The van der Waals surface area contributed by atoms with E-state index in [2.05, 4.69) is 49.2 Å². The van der Waals surface area contributed by atoms with Crippen molar-refractivity contribution in [2.75, 3.05) is 0 Å². The predicted molar refractivity (Wildman–Crippen MR) is 66.6 cm³/mol. The number of aromatic nitrogens is 1. The summed E-state index contributed by atoms with van der Waals surface area (Å²) in [7, 11) is 0. The summed E-state index contributed by atoms with van der Waals surface area (Å²) >= 11 is 1.76. The standard InChI is InChI=1S/C13H11NS/c1-8-3-4-10-5-6-12-13(11(10)7-8)14-9(2)15-12/h3-7H,1-2H3. The fraction of sp³-hybridized carbons (Fsp3) is 0.154. The van der Waals surface area contributed by atoms with Crippen LogP contribution in [-0.2, 0) is 0 Å². The second-order valence-corrected chi connectivity index (χ2v) is 5.10. The van der Waals surface area contributed by atoms with Gasteiger partial charge in [0.2, 0.25) is 0 Å². The zero-order valence-corrected chi connectivity index (χ0v) is 9.56. The number of fused-ring (bicyclic) bond motifs is 3. The van der Waals surface area contributed by atoms with E-state index in [-0.39, 0.29) is 0 Å². The molecule has 0 atom stereocenters. The van der Waals surface area contributed by atoms with Gasteiger partial charge in [-0.25, -0.2) is 4.98 Å². The van der Waals surface area contributed by atoms with Gasteiger partial charge in [0, 0.05) is 5.39 Å². The molecule has 0 saturated carbocycles. The molecule has 0 amide bonds. The van der Waals surface area contributed by atoms with E-state index in [9.17, 15) is 0 Å². The van der Waals surface area contributed by atoms with Crippen LogP contribution in [0.4, 0.5) is 0 Å². The summed E-state index contributed by atoms with van der Waals surface area (Å²) in [5.41, 5.74) is 2.44. The van der Waals surface area contributed by atoms with Crippen molar-refractivity contribution >= 4 is 32.3 Å². The summed E-state index contributed by atoms with van der Waals surface area (Å²) in [5, 5.41) is 3.69. The van der Waals surface area contributed by atoms with Gasteiger partial charge in [-0.15, -0.1) is 11.3 Å². The maximum Gasteiger partial charge on any atom is 0.0908 e. The molecule has 1 nitrogen and oxygen atoms in total. The van der Waals surface area contributed by atoms with Crippen molar-refractivity contribution < 1.29 is 0 Å². The summed E-state index contributed by atoms with van der Waals surface area (Å²) < 4.78 is 1.28. The first kappa shape index (κ1) is 8.86. The molecule has 0 aliphatic rings. The van der Waals surface area contributed by atoms with Crippen LogP contribution in [-0.4, -0.2) is 4.98 Å². The quantitative estimate of drug-likeness (QED) is 0.548. The topological polar surface area (TPSA) is 12.9 Å². The number of nitrogens with zero attached hydrogens (tertiary/aromatic N) is 1. The summed E-state index contributed by atoms with van der Waals surface area (Å²) in [6.45, 7) is 4.18. The van der Waals surface area contributed by atoms with Gasteiger partial charge in [-0.05, 0) is 31.4 Å². The Morgan fingerprint density at radius 2 is 1.87 bits per heavy atom. The van der Waals surface area contributed by atoms with E-state index in [4.69, 9.17) is 0 Å². The summed E-state index contributed by atoms with van der Waals surface area (Å²) in [6, 6.07) is 10.9. The van der Waals surface area contributed by atoms with Crippen LogP contribution < -0.4 is 0 Å². The van der Waals surface area contributed by atoms with Gasteiger partial charge in [-0.3, -0.25) is 0 Å². The zero-order valence-electron chi connectivity index (χ0n) is 8.74. The average Bonchev–Trinajstić information content (AvgIpc) is 2.58. The van der Waals surface area contributed by atoms with Crippen LogP contribution in [0.15, 0.2) is 30.3 Å². The highest BCUT2D eigenvalue weighted by atomic mass is 32.1. The van der Waals surface area contributed by atoms with Crippen molar-refractivity contribution in [3.63, 3.8) is 0 Å². The first-order valence-electron chi connectivity index (χ1n) is 5.00. The Balaban J connectivity index is 2.56. The third-order valence-corrected chi connectivity index (χ3v) is 3.57. The third-order valence-electron chi connectivity index (χ3n) is 2.64. The molecule has 2 heteroatoms. The molecule has 1 heterocycles. The smallest absolute Gasteiger partial charge is 0.0908 e. The number of rotatable bonds is 0. The van der Waals surface area contributed by atoms with Crippen LogP contribution in [0.1, 0.15) is 10.6 Å². The lowest BCUT2D eigenvalue weighted by atomic mass is 10.1. The summed E-state index contributed by atoms with van der Waals surface area (Å²) in [4.78, 5) is 4.60. The second-order valence-electron chi connectivity index (χ2n) is 3.87. The van der Waals surface area contributed by atoms with Crippen LogP contribution in [0.3, 0.4) is 0 Å². The highest BCUT2D eigenvalue weighted by molar-refractivity contribution is 7.18. The number of hydrogen-bond donors (Lipinski definition) is 0. The Morgan fingerprint density at radius 3 is 2.73 bits per heavy atom. The van der Waals surface area contributed by atoms with Crippen LogP contribution in [0.2, 0.25) is 0 Å². The molecule has 0 saturated heterocycles. The maximum absolute atomic E-state index is 4.60. The van der Waals surface area contributed by atoms with E-state index in [0.717, 1.165) is 10.5 Å². The fourth-order valence-corrected chi connectivity index (χ4v) is 2.78. The van der Waals surface area contributed by atoms with E-state index in [1.54, 1.807) is 11.3 Å². The molecule has 74 valence electrons. The van der Waals surface area contributed by atoms with Gasteiger partial charge >= 0.3 is 0 Å². The lowest BCUT2D eigenvalue weighted by Gasteiger charge is -1.99. The lowest BCUT2D eigenvalue weighted by molar-refractivity contribution is 1.35. The van der Waals surface area contributed by atoms with Gasteiger partial charge in [0.05, 0.1) is 15.2 Å². The van der Waals surface area contributed by atoms with Gasteiger partial charge in [0.1, 0.15) is 0 Å². The molecule has 2 aromatic carbocycles. The van der Waals surface area contributed by atoms with E-state index in [0.29, 0.717) is 0 Å². The molecule has 0 spiro atoms. The minimum absolute atomic E-state index is 1.14. The number of hydrogen-bond acceptors (Lipinski definition) is 2. The Hall–Kier alpha value is -1.41. The van der Waals surface area contributed by atoms with Gasteiger partial charge in [0.25, 0.3) is 0 Å². The average molecular weight is 213 g/mol. The van der Waals surface area contributed by atoms with E-state index in [1.807, 2.05) is 0 Å². The molecule has 1 aromatic heterocycles. The molecule has 15 heavy (non-hydrogen) atoms. The molecule has 0 radical (unpaired) electrons. The van der Waals surface area contributed by atoms with Crippen molar-refractivity contribution in [3.05, 3.63) is 40.9 Å². The number of benzene rings is 2. The van der Waals surface area contributed by atoms with E-state index in [1.165, 1.54) is 21.0 Å². The Labute approximate surface area is 92.4 Å². The molecule has 0 bridgehead atoms. The number of aryl methyl sites for hydroxylation is 2. The van der Waals surface area contributed by atoms with Crippen molar-refractivity contribution in [1.82, 2.24) is 4.98 Å². The van der Waals surface area contributed by atoms with Crippen LogP contribution in [0.5, 0.6) is 0 Å². The normalized spacial score (nSPS) is 11.3. The van der Waals surface area contributed by atoms with E-state index >= 15 is 0 Å². The van der Waals surface area contributed by atoms with Crippen LogP contribution >= 0.6 is 11.3 Å². The summed E-state index contributed by atoms with van der Waals surface area (Å²) in [6.07, 6.45) is 0. The lowest BCUT2D eigenvalue weighted by Crippen LogP contribution is -1.77. The Kier molecular flexibility index (Phi) is 1.80. The maximum atomic E-state index is 4.60. The van der Waals surface area contributed by atoms with E-state index < -0.39 is 0 Å². The van der Waals surface area contributed by atoms with Gasteiger partial charge in [-0.1, -0.05) is 23.8 Å². The molecule has 3 rings (SSSR count). The van der Waals surface area contributed by atoms with Crippen molar-refractivity contribution in [1.29, 1.82) is 0 Å². The van der Waals surface area contributed by atoms with Gasteiger partial charge in [0.15, 0.2) is 0 Å². The van der Waals surface area contributed by atoms with Gasteiger partial charge in [-0.2, -0.15) is 0 Å². The minimum atomic E-state index is 1.14. The van der Waals surface area contributed by atoms with Gasteiger partial charge < -0.3 is 0 Å². The fourth-order valence-electron chi connectivity index (χ4n) is 1.93. The molecule has 0 fully saturated rings. The van der Waals surface area contributed by atoms with Crippen molar-refractivity contribution in [2.24, 2.45) is 0 Å². The predicted octanol–water partition coefficient (Wildman–Crippen LogP) is 4.07. The van der Waals surface area contributed by atoms with Crippen molar-refractivity contribution in [2.45, 2.75) is 13.8 Å². The summed E-state index contributed by atoms with van der Waals surface area (Å²) in [5.74, 6) is 0. The monoisotopic (exact) mass is 213 g/mol. The Morgan fingerprint density at radius 1 is 1.07 bits per heavy atom. The zero-order chi connectivity index (χ0) is 10.4. The molecule has 3 aromatic rings. The van der Waals surface area contributed by atoms with Crippen LogP contribution in [0, 0.1) is 13.8 Å². The second kappa shape index (κ2) is 3.04. The van der Waals surface area contributed by atoms with Crippen molar-refractivity contribution in [3.8, 4) is 0 Å². The highest BCUT2D eigenvalue weighted by Gasteiger charge is 2.04. The molecule has 0 aliphatic carbocycles.